The number of aromatic nitrogens is 3. The second kappa shape index (κ2) is 11.1. The Morgan fingerprint density at radius 3 is 2.89 bits per heavy atom. The average Bonchev–Trinajstić information content (AvgIpc) is 3.42. The maximum atomic E-state index is 17.1. The molecule has 9 nitrogen and oxygen atoms in total. The number of ether oxygens (including phenoxy) is 2. The molecule has 4 aromatic rings. The highest BCUT2D eigenvalue weighted by Crippen LogP contribution is 2.48. The van der Waals surface area contributed by atoms with Gasteiger partial charge in [0.2, 0.25) is 0 Å². The van der Waals surface area contributed by atoms with Crippen molar-refractivity contribution in [3.8, 4) is 29.1 Å². The highest BCUT2D eigenvalue weighted by molar-refractivity contribution is 6.05. The molecule has 5 atom stereocenters. The number of anilines is 2. The third kappa shape index (κ3) is 4.71. The minimum Gasteiger partial charge on any atom is -0.495 e. The van der Waals surface area contributed by atoms with E-state index in [9.17, 15) is 9.65 Å². The number of rotatable bonds is 6. The Labute approximate surface area is 273 Å². The maximum absolute atomic E-state index is 17.1. The largest absolute Gasteiger partial charge is 0.495 e. The second-order valence-corrected chi connectivity index (χ2v) is 12.8. The summed E-state index contributed by atoms with van der Waals surface area (Å²) < 4.78 is 107. The molecule has 2 aromatic carbocycles. The van der Waals surface area contributed by atoms with Gasteiger partial charge in [-0.05, 0) is 55.8 Å². The van der Waals surface area contributed by atoms with E-state index >= 15 is 13.2 Å². The molecule has 244 valence electrons. The lowest BCUT2D eigenvalue weighted by Crippen LogP contribution is -2.43. The third-order valence-electron chi connectivity index (χ3n) is 10.1. The molecule has 13 heteroatoms. The van der Waals surface area contributed by atoms with Crippen LogP contribution < -0.4 is 20.1 Å². The summed E-state index contributed by atoms with van der Waals surface area (Å²) in [7, 11) is -1.98. The summed E-state index contributed by atoms with van der Waals surface area (Å²) >= 11 is 0. The highest BCUT2D eigenvalue weighted by atomic mass is 19.1. The summed E-state index contributed by atoms with van der Waals surface area (Å²) in [6.07, 6.45) is 1.92. The van der Waals surface area contributed by atoms with E-state index in [1.54, 1.807) is 15.9 Å². The Morgan fingerprint density at radius 2 is 2.06 bits per heavy atom. The Balaban J connectivity index is 1.34. The number of nitrogen functional groups attached to an aromatic ring is 1. The fourth-order valence-corrected chi connectivity index (χ4v) is 7.89. The van der Waals surface area contributed by atoms with Gasteiger partial charge < -0.3 is 20.1 Å². The van der Waals surface area contributed by atoms with Crippen molar-refractivity contribution >= 4 is 33.2 Å². The van der Waals surface area contributed by atoms with Gasteiger partial charge in [0.05, 0.1) is 29.5 Å². The number of halogens is 4. The predicted molar refractivity (Wildman–Crippen MR) is 168 cm³/mol. The molecule has 3 saturated heterocycles. The van der Waals surface area contributed by atoms with Crippen molar-refractivity contribution in [1.29, 1.82) is 5.26 Å². The molecule has 4 aliphatic rings. The van der Waals surface area contributed by atoms with Crippen molar-refractivity contribution < 1.29 is 32.5 Å². The molecule has 1 saturated carbocycles. The molecule has 47 heavy (non-hydrogen) atoms. The maximum Gasteiger partial charge on any atom is 0.319 e. The first-order chi connectivity index (χ1) is 24.3. The zero-order valence-electron chi connectivity index (χ0n) is 29.1. The van der Waals surface area contributed by atoms with Crippen LogP contribution in [0.5, 0.6) is 11.8 Å². The normalized spacial score (nSPS) is 28.6. The Morgan fingerprint density at radius 1 is 1.19 bits per heavy atom. The SMILES string of the molecule is [2H]C([2H])Oc1c(C#N)c(F)cc2cc(N)cc(-c3ncc4c(N5CCCC[C@H]6[C@H](F)[C@H]65)nc(OC([2H])([2H])[C@@]56CCCN5C[C@H](F)C6)nc4c3F)c12. The van der Waals surface area contributed by atoms with E-state index < -0.39 is 66.5 Å². The fraction of sp³-hybridized carbons (Fsp3) is 0.471. The van der Waals surface area contributed by atoms with Crippen LogP contribution in [0, 0.1) is 28.9 Å². The Hall–Kier alpha value is -4.44. The lowest BCUT2D eigenvalue weighted by atomic mass is 9.95. The summed E-state index contributed by atoms with van der Waals surface area (Å²) in [6, 6.07) is 4.31. The number of fused-ring (bicyclic) bond motifs is 4. The summed E-state index contributed by atoms with van der Waals surface area (Å²) in [6.45, 7) is -1.56. The average molecular weight is 652 g/mol. The number of hydrogen-bond donors (Lipinski definition) is 1. The van der Waals surface area contributed by atoms with Crippen molar-refractivity contribution in [2.45, 2.75) is 62.4 Å². The number of nitriles is 1. The third-order valence-corrected chi connectivity index (χ3v) is 10.1. The lowest BCUT2D eigenvalue weighted by molar-refractivity contribution is 0.107. The molecule has 5 heterocycles. The first-order valence-electron chi connectivity index (χ1n) is 17.8. The minimum absolute atomic E-state index is 0.0319. The highest BCUT2D eigenvalue weighted by Gasteiger charge is 2.56. The topological polar surface area (TPSA) is 113 Å². The van der Waals surface area contributed by atoms with Gasteiger partial charge in [0, 0.05) is 48.3 Å². The molecular formula is C34H33F4N7O2. The van der Waals surface area contributed by atoms with Crippen molar-refractivity contribution in [3.05, 3.63) is 41.6 Å². The van der Waals surface area contributed by atoms with Crippen molar-refractivity contribution in [3.63, 3.8) is 0 Å². The van der Waals surface area contributed by atoms with Crippen LogP contribution in [0.15, 0.2) is 24.4 Å². The second-order valence-electron chi connectivity index (χ2n) is 12.8. The first kappa shape index (κ1) is 25.6. The lowest BCUT2D eigenvalue weighted by Gasteiger charge is -2.31. The van der Waals surface area contributed by atoms with Crippen LogP contribution in [-0.4, -0.2) is 77.0 Å². The van der Waals surface area contributed by atoms with Crippen molar-refractivity contribution in [2.24, 2.45) is 5.92 Å². The molecule has 8 rings (SSSR count). The molecule has 4 fully saturated rings. The molecule has 0 bridgehead atoms. The monoisotopic (exact) mass is 651 g/mol. The van der Waals surface area contributed by atoms with Gasteiger partial charge >= 0.3 is 6.01 Å². The Kier molecular flexibility index (Phi) is 6.04. The van der Waals surface area contributed by atoms with Crippen LogP contribution in [0.3, 0.4) is 0 Å². The number of pyridine rings is 1. The number of methoxy groups -OCH3 is 1. The quantitative estimate of drug-likeness (QED) is 0.202. The fourth-order valence-electron chi connectivity index (χ4n) is 7.89. The molecular weight excluding hydrogens is 614 g/mol. The molecule has 0 unspecified atom stereocenters. The number of alkyl halides is 2. The van der Waals surface area contributed by atoms with Gasteiger partial charge in [-0.3, -0.25) is 9.88 Å². The Bertz CT molecular complexity index is 2120. The smallest absolute Gasteiger partial charge is 0.319 e. The van der Waals surface area contributed by atoms with Gasteiger partial charge in [-0.25, -0.2) is 17.6 Å². The first-order valence-corrected chi connectivity index (χ1v) is 15.7. The number of hydrogen-bond acceptors (Lipinski definition) is 9. The van der Waals surface area contributed by atoms with Gasteiger partial charge in [-0.15, -0.1) is 0 Å². The zero-order valence-corrected chi connectivity index (χ0v) is 25.1. The van der Waals surface area contributed by atoms with Crippen LogP contribution in [0.25, 0.3) is 32.9 Å². The van der Waals surface area contributed by atoms with Gasteiger partial charge in [-0.1, -0.05) is 6.42 Å². The van der Waals surface area contributed by atoms with Crippen LogP contribution >= 0.6 is 0 Å². The molecule has 0 spiro atoms. The van der Waals surface area contributed by atoms with E-state index in [4.69, 9.17) is 20.7 Å². The van der Waals surface area contributed by atoms with Gasteiger partial charge in [0.1, 0.15) is 59.1 Å². The summed E-state index contributed by atoms with van der Waals surface area (Å²) in [4.78, 5) is 16.8. The van der Waals surface area contributed by atoms with Gasteiger partial charge in [-0.2, -0.15) is 15.2 Å². The molecule has 1 aliphatic carbocycles. The molecule has 2 N–H and O–H groups in total. The van der Waals surface area contributed by atoms with E-state index in [1.165, 1.54) is 18.3 Å². The summed E-state index contributed by atoms with van der Waals surface area (Å²) in [5.74, 6) is -2.65. The number of nitrogens with two attached hydrogens (primary N) is 1. The molecule has 0 amide bonds. The van der Waals surface area contributed by atoms with E-state index in [0.29, 0.717) is 38.8 Å². The van der Waals surface area contributed by atoms with Gasteiger partial charge in [0.25, 0.3) is 0 Å². The number of nitrogens with zero attached hydrogens (tertiary/aromatic N) is 6. The minimum atomic E-state index is -2.50. The van der Waals surface area contributed by atoms with Crippen LogP contribution in [-0.2, 0) is 0 Å². The molecule has 0 radical (unpaired) electrons. The van der Waals surface area contributed by atoms with Crippen LogP contribution in [0.2, 0.25) is 0 Å². The molecule has 3 aliphatic heterocycles. The zero-order chi connectivity index (χ0) is 36.0. The van der Waals surface area contributed by atoms with Crippen molar-refractivity contribution in [2.75, 3.05) is 43.9 Å². The predicted octanol–water partition coefficient (Wildman–Crippen LogP) is 5.87. The molecule has 2 aromatic heterocycles. The standard InChI is InChI=1S/C34H33F4N7O2/c1-46-31-22(13-39)24(36)10-17-9-19(40)11-21(25(17)31)28-27(38)29-23(14-41-28)32(45-8-3-2-5-20-26(37)30(20)45)43-33(42-29)47-16-34-6-4-7-44(34)15-18(35)12-34/h9-11,14,18,20,26,30H,2-8,12,15-16,40H2,1H3/t18-,20+,26+,30+,34+/m1/s1/i1D2,16D2. The van der Waals surface area contributed by atoms with E-state index in [2.05, 4.69) is 15.0 Å². The summed E-state index contributed by atoms with van der Waals surface area (Å²) in [5.41, 5.74) is 3.56. The summed E-state index contributed by atoms with van der Waals surface area (Å²) in [5, 5.41) is 9.90. The van der Waals surface area contributed by atoms with Crippen LogP contribution in [0.1, 0.15) is 49.6 Å². The van der Waals surface area contributed by atoms with E-state index in [1.807, 2.05) is 0 Å². The van der Waals surface area contributed by atoms with E-state index in [-0.39, 0.29) is 63.3 Å². The number of benzene rings is 2. The van der Waals surface area contributed by atoms with Crippen molar-refractivity contribution in [1.82, 2.24) is 19.9 Å². The van der Waals surface area contributed by atoms with E-state index in [0.717, 1.165) is 12.5 Å². The van der Waals surface area contributed by atoms with Crippen LogP contribution in [0.4, 0.5) is 29.1 Å². The van der Waals surface area contributed by atoms with Gasteiger partial charge in [0.15, 0.2) is 5.82 Å².